The molecule has 1 atom stereocenters. The Kier molecular flexibility index (Phi) is 6.65. The minimum Gasteiger partial charge on any atom is -0.391 e. The number of anilines is 1. The number of rotatable bonds is 6. The Balaban J connectivity index is 2.70. The third kappa shape index (κ3) is 6.14. The molecule has 3 N–H and O–H groups in total. The molecule has 0 bridgehead atoms. The second kappa shape index (κ2) is 8.00. The van der Waals surface area contributed by atoms with Gasteiger partial charge in [0.2, 0.25) is 5.91 Å². The summed E-state index contributed by atoms with van der Waals surface area (Å²) in [4.78, 5) is 23.1. The predicted octanol–water partition coefficient (Wildman–Crippen LogP) is 2.44. The molecule has 0 radical (unpaired) electrons. The van der Waals surface area contributed by atoms with Gasteiger partial charge in [-0.15, -0.1) is 0 Å². The van der Waals surface area contributed by atoms with Gasteiger partial charge in [0.25, 0.3) is 5.91 Å². The lowest BCUT2D eigenvalue weighted by Crippen LogP contribution is -2.33. The molecule has 0 aliphatic carbocycles. The van der Waals surface area contributed by atoms with E-state index in [9.17, 15) is 14.7 Å². The van der Waals surface area contributed by atoms with Crippen LogP contribution < -0.4 is 10.6 Å². The number of aliphatic hydroxyl groups is 1. The van der Waals surface area contributed by atoms with E-state index < -0.39 is 6.10 Å². The molecule has 0 aromatic heterocycles. The largest absolute Gasteiger partial charge is 0.391 e. The van der Waals surface area contributed by atoms with Crippen molar-refractivity contribution in [3.8, 4) is 0 Å². The maximum Gasteiger partial charge on any atom is 0.252 e. The zero-order chi connectivity index (χ0) is 16.0. The maximum atomic E-state index is 12.1. The molecule has 116 valence electrons. The zero-order valence-electron chi connectivity index (χ0n) is 12.4. The summed E-state index contributed by atoms with van der Waals surface area (Å²) in [5.74, 6) is -0.255. The topological polar surface area (TPSA) is 78.4 Å². The van der Waals surface area contributed by atoms with Crippen molar-refractivity contribution in [1.82, 2.24) is 5.32 Å². The number of carbonyl (C=O) groups is 2. The van der Waals surface area contributed by atoms with E-state index in [1.807, 2.05) is 13.8 Å². The van der Waals surface area contributed by atoms with Gasteiger partial charge in [0, 0.05) is 19.2 Å². The van der Waals surface area contributed by atoms with Crippen molar-refractivity contribution < 1.29 is 14.7 Å². The highest BCUT2D eigenvalue weighted by atomic mass is 35.5. The molecule has 1 aromatic rings. The van der Waals surface area contributed by atoms with E-state index in [1.54, 1.807) is 12.1 Å². The smallest absolute Gasteiger partial charge is 0.252 e. The lowest BCUT2D eigenvalue weighted by molar-refractivity contribution is -0.114. The van der Waals surface area contributed by atoms with Crippen LogP contribution in [0.1, 0.15) is 37.6 Å². The van der Waals surface area contributed by atoms with Crippen LogP contribution in [0.15, 0.2) is 18.2 Å². The summed E-state index contributed by atoms with van der Waals surface area (Å²) in [6.45, 7) is 5.55. The molecular weight excluding hydrogens is 292 g/mol. The number of nitrogens with one attached hydrogen (secondary N) is 2. The van der Waals surface area contributed by atoms with Gasteiger partial charge in [-0.1, -0.05) is 25.4 Å². The molecule has 1 unspecified atom stereocenters. The summed E-state index contributed by atoms with van der Waals surface area (Å²) in [6.07, 6.45) is 0.0196. The molecule has 2 amide bonds. The average molecular weight is 313 g/mol. The number of hydrogen-bond donors (Lipinski definition) is 3. The normalized spacial score (nSPS) is 12.1. The van der Waals surface area contributed by atoms with Crippen molar-refractivity contribution in [3.63, 3.8) is 0 Å². The Morgan fingerprint density at radius 1 is 1.33 bits per heavy atom. The van der Waals surface area contributed by atoms with Gasteiger partial charge < -0.3 is 15.7 Å². The highest BCUT2D eigenvalue weighted by Gasteiger charge is 2.14. The average Bonchev–Trinajstić information content (AvgIpc) is 2.37. The summed E-state index contributed by atoms with van der Waals surface area (Å²) >= 11 is 5.99. The number of benzene rings is 1. The summed E-state index contributed by atoms with van der Waals surface area (Å²) in [6, 6.07) is 4.67. The Morgan fingerprint density at radius 3 is 2.57 bits per heavy atom. The van der Waals surface area contributed by atoms with Gasteiger partial charge in [-0.05, 0) is 30.5 Å². The van der Waals surface area contributed by atoms with Gasteiger partial charge in [-0.2, -0.15) is 0 Å². The molecule has 1 aromatic carbocycles. The SMILES string of the molecule is CC(=O)Nc1ccc(Cl)c(C(=O)NCC(O)CC(C)C)c1. The fourth-order valence-corrected chi connectivity index (χ4v) is 2.12. The summed E-state index contributed by atoms with van der Waals surface area (Å²) in [5, 5.41) is 15.3. The van der Waals surface area contributed by atoms with Crippen LogP contribution in [-0.2, 0) is 4.79 Å². The van der Waals surface area contributed by atoms with Crippen LogP contribution in [0.2, 0.25) is 5.02 Å². The first-order chi connectivity index (χ1) is 9.79. The first-order valence-corrected chi connectivity index (χ1v) is 7.20. The van der Waals surface area contributed by atoms with Crippen LogP contribution in [0.3, 0.4) is 0 Å². The lowest BCUT2D eigenvalue weighted by Gasteiger charge is -2.14. The van der Waals surface area contributed by atoms with Crippen LogP contribution in [0.4, 0.5) is 5.69 Å². The Labute approximate surface area is 129 Å². The van der Waals surface area contributed by atoms with Crippen LogP contribution in [0.25, 0.3) is 0 Å². The van der Waals surface area contributed by atoms with Gasteiger partial charge in [-0.3, -0.25) is 9.59 Å². The maximum absolute atomic E-state index is 12.1. The highest BCUT2D eigenvalue weighted by Crippen LogP contribution is 2.20. The molecule has 0 saturated carbocycles. The third-order valence-corrected chi connectivity index (χ3v) is 3.10. The van der Waals surface area contributed by atoms with Crippen molar-refractivity contribution in [3.05, 3.63) is 28.8 Å². The van der Waals surface area contributed by atoms with E-state index in [2.05, 4.69) is 10.6 Å². The number of halogens is 1. The minimum absolute atomic E-state index is 0.164. The quantitative estimate of drug-likeness (QED) is 0.755. The standard InChI is InChI=1S/C15H21ClN2O3/c1-9(2)6-12(20)8-17-15(21)13-7-11(18-10(3)19)4-5-14(13)16/h4-5,7,9,12,20H,6,8H2,1-3H3,(H,17,21)(H,18,19). The fourth-order valence-electron chi connectivity index (χ4n) is 1.91. The van der Waals surface area contributed by atoms with Gasteiger partial charge in [-0.25, -0.2) is 0 Å². The molecular formula is C15H21ClN2O3. The highest BCUT2D eigenvalue weighted by molar-refractivity contribution is 6.34. The molecule has 6 heteroatoms. The zero-order valence-corrected chi connectivity index (χ0v) is 13.2. The molecule has 0 aliphatic heterocycles. The van der Waals surface area contributed by atoms with Crippen LogP contribution in [-0.4, -0.2) is 29.6 Å². The summed E-state index contributed by atoms with van der Waals surface area (Å²) in [7, 11) is 0. The van der Waals surface area contributed by atoms with Gasteiger partial charge in [0.1, 0.15) is 0 Å². The Bertz CT molecular complexity index is 518. The first-order valence-electron chi connectivity index (χ1n) is 6.83. The van der Waals surface area contributed by atoms with Crippen molar-refractivity contribution in [2.45, 2.75) is 33.3 Å². The van der Waals surface area contributed by atoms with Crippen molar-refractivity contribution >= 4 is 29.1 Å². The van der Waals surface area contributed by atoms with Gasteiger partial charge in [0.15, 0.2) is 0 Å². The molecule has 21 heavy (non-hydrogen) atoms. The molecule has 5 nitrogen and oxygen atoms in total. The molecule has 1 rings (SSSR count). The minimum atomic E-state index is -0.591. The van der Waals surface area contributed by atoms with Gasteiger partial charge in [0.05, 0.1) is 16.7 Å². The molecule has 0 fully saturated rings. The van der Waals surface area contributed by atoms with E-state index >= 15 is 0 Å². The fraction of sp³-hybridized carbons (Fsp3) is 0.467. The Hall–Kier alpha value is -1.59. The first kappa shape index (κ1) is 17.5. The number of carbonyl (C=O) groups excluding carboxylic acids is 2. The third-order valence-electron chi connectivity index (χ3n) is 2.77. The second-order valence-corrected chi connectivity index (χ2v) is 5.78. The van der Waals surface area contributed by atoms with Crippen molar-refractivity contribution in [1.29, 1.82) is 0 Å². The monoisotopic (exact) mass is 312 g/mol. The Morgan fingerprint density at radius 2 is 2.00 bits per heavy atom. The van der Waals surface area contributed by atoms with Gasteiger partial charge >= 0.3 is 0 Å². The van der Waals surface area contributed by atoms with Crippen molar-refractivity contribution in [2.24, 2.45) is 5.92 Å². The predicted molar refractivity (Wildman–Crippen MR) is 83.6 cm³/mol. The molecule has 0 heterocycles. The van der Waals surface area contributed by atoms with E-state index in [1.165, 1.54) is 13.0 Å². The summed E-state index contributed by atoms with van der Waals surface area (Å²) < 4.78 is 0. The van der Waals surface area contributed by atoms with Crippen LogP contribution in [0, 0.1) is 5.92 Å². The number of amides is 2. The summed E-state index contributed by atoms with van der Waals surface area (Å²) in [5.41, 5.74) is 0.763. The number of aliphatic hydroxyl groups excluding tert-OH is 1. The van der Waals surface area contributed by atoms with E-state index in [-0.39, 0.29) is 23.9 Å². The molecule has 0 spiro atoms. The lowest BCUT2D eigenvalue weighted by atomic mass is 10.1. The number of hydrogen-bond acceptors (Lipinski definition) is 3. The van der Waals surface area contributed by atoms with Crippen LogP contribution in [0.5, 0.6) is 0 Å². The molecule has 0 saturated heterocycles. The van der Waals surface area contributed by atoms with E-state index in [0.29, 0.717) is 23.0 Å². The second-order valence-electron chi connectivity index (χ2n) is 5.37. The van der Waals surface area contributed by atoms with E-state index in [4.69, 9.17) is 11.6 Å². The van der Waals surface area contributed by atoms with Crippen LogP contribution >= 0.6 is 11.6 Å². The van der Waals surface area contributed by atoms with E-state index in [0.717, 1.165) is 0 Å². The molecule has 0 aliphatic rings. The van der Waals surface area contributed by atoms with Crippen molar-refractivity contribution in [2.75, 3.05) is 11.9 Å².